The second-order valence-corrected chi connectivity index (χ2v) is 2.51. The maximum Gasteiger partial charge on any atom is 0.0573 e. The molecule has 1 aliphatic rings. The molecule has 0 bridgehead atoms. The van der Waals surface area contributed by atoms with Crippen LogP contribution in [0, 0.1) is 5.92 Å². The van der Waals surface area contributed by atoms with Crippen molar-refractivity contribution in [2.75, 3.05) is 0 Å². The number of hydrogen-bond donors (Lipinski definition) is 1. The van der Waals surface area contributed by atoms with Crippen LogP contribution in [0.1, 0.15) is 26.2 Å². The smallest absolute Gasteiger partial charge is 0.0573 e. The van der Waals surface area contributed by atoms with Crippen molar-refractivity contribution in [3.63, 3.8) is 0 Å². The monoisotopic (exact) mass is 113 g/mol. The minimum Gasteiger partial charge on any atom is -0.411 e. The third-order valence-corrected chi connectivity index (χ3v) is 1.65. The van der Waals surface area contributed by atoms with Crippen LogP contribution in [0.4, 0.5) is 0 Å². The summed E-state index contributed by atoms with van der Waals surface area (Å²) in [5, 5.41) is 11.4. The summed E-state index contributed by atoms with van der Waals surface area (Å²) in [6.45, 7) is 2.18. The molecule has 0 heterocycles. The maximum atomic E-state index is 8.27. The molecule has 0 radical (unpaired) electrons. The zero-order chi connectivity index (χ0) is 5.98. The highest BCUT2D eigenvalue weighted by Gasteiger charge is 2.15. The van der Waals surface area contributed by atoms with Gasteiger partial charge in [0.1, 0.15) is 0 Å². The highest BCUT2D eigenvalue weighted by atomic mass is 16.4. The van der Waals surface area contributed by atoms with Crippen LogP contribution in [-0.4, -0.2) is 10.9 Å². The lowest BCUT2D eigenvalue weighted by Gasteiger charge is -1.91. The molecule has 0 aromatic heterocycles. The Morgan fingerprint density at radius 3 is 2.75 bits per heavy atom. The van der Waals surface area contributed by atoms with Crippen molar-refractivity contribution < 1.29 is 5.21 Å². The van der Waals surface area contributed by atoms with Crippen molar-refractivity contribution in [3.8, 4) is 0 Å². The fourth-order valence-corrected chi connectivity index (χ4v) is 1.11. The molecule has 2 nitrogen and oxygen atoms in total. The Balaban J connectivity index is 2.44. The molecular formula is C6H11NO. The van der Waals surface area contributed by atoms with Crippen LogP contribution in [0.5, 0.6) is 0 Å². The molecule has 1 atom stereocenters. The van der Waals surface area contributed by atoms with E-state index in [2.05, 4.69) is 12.1 Å². The second-order valence-electron chi connectivity index (χ2n) is 2.51. The fourth-order valence-electron chi connectivity index (χ4n) is 1.11. The van der Waals surface area contributed by atoms with E-state index in [0.29, 0.717) is 0 Å². The number of nitrogens with zero attached hydrogens (tertiary/aromatic N) is 1. The predicted octanol–water partition coefficient (Wildman–Crippen LogP) is 1.64. The molecule has 2 heteroatoms. The first-order valence-electron chi connectivity index (χ1n) is 3.02. The van der Waals surface area contributed by atoms with Crippen molar-refractivity contribution in [3.05, 3.63) is 0 Å². The lowest BCUT2D eigenvalue weighted by molar-refractivity contribution is 0.317. The molecule has 1 N–H and O–H groups in total. The van der Waals surface area contributed by atoms with Gasteiger partial charge in [0.05, 0.1) is 5.71 Å². The molecule has 8 heavy (non-hydrogen) atoms. The SMILES string of the molecule is CC1CC/C(=N\O)C1. The molecule has 0 saturated heterocycles. The molecule has 1 aliphatic carbocycles. The van der Waals surface area contributed by atoms with E-state index in [1.165, 1.54) is 6.42 Å². The summed E-state index contributed by atoms with van der Waals surface area (Å²) in [7, 11) is 0. The molecular weight excluding hydrogens is 102 g/mol. The van der Waals surface area contributed by atoms with Crippen LogP contribution in [0.2, 0.25) is 0 Å². The van der Waals surface area contributed by atoms with E-state index in [1.54, 1.807) is 0 Å². The largest absolute Gasteiger partial charge is 0.411 e. The zero-order valence-corrected chi connectivity index (χ0v) is 5.09. The van der Waals surface area contributed by atoms with Gasteiger partial charge in [0, 0.05) is 0 Å². The first-order valence-corrected chi connectivity index (χ1v) is 3.02. The molecule has 0 aromatic rings. The summed E-state index contributed by atoms with van der Waals surface area (Å²) in [6, 6.07) is 0. The minimum absolute atomic E-state index is 0.737. The van der Waals surface area contributed by atoms with Gasteiger partial charge in [0.2, 0.25) is 0 Å². The van der Waals surface area contributed by atoms with Crippen LogP contribution < -0.4 is 0 Å². The van der Waals surface area contributed by atoms with Gasteiger partial charge >= 0.3 is 0 Å². The molecule has 0 spiro atoms. The molecule has 1 saturated carbocycles. The summed E-state index contributed by atoms with van der Waals surface area (Å²) >= 11 is 0. The van der Waals surface area contributed by atoms with E-state index in [9.17, 15) is 0 Å². The summed E-state index contributed by atoms with van der Waals surface area (Å²) in [5.74, 6) is 0.737. The van der Waals surface area contributed by atoms with Gasteiger partial charge in [-0.05, 0) is 25.2 Å². The third-order valence-electron chi connectivity index (χ3n) is 1.65. The van der Waals surface area contributed by atoms with E-state index in [-0.39, 0.29) is 0 Å². The van der Waals surface area contributed by atoms with Crippen LogP contribution in [0.25, 0.3) is 0 Å². The number of rotatable bonds is 0. The first-order chi connectivity index (χ1) is 3.83. The normalized spacial score (nSPS) is 34.1. The lowest BCUT2D eigenvalue weighted by atomic mass is 10.1. The highest BCUT2D eigenvalue weighted by molar-refractivity contribution is 5.85. The van der Waals surface area contributed by atoms with Crippen molar-refractivity contribution in [2.45, 2.75) is 26.2 Å². The Hall–Kier alpha value is -0.530. The van der Waals surface area contributed by atoms with Gasteiger partial charge in [0.25, 0.3) is 0 Å². The van der Waals surface area contributed by atoms with E-state index < -0.39 is 0 Å². The second kappa shape index (κ2) is 2.16. The number of hydrogen-bond acceptors (Lipinski definition) is 2. The highest BCUT2D eigenvalue weighted by Crippen LogP contribution is 2.21. The topological polar surface area (TPSA) is 32.6 Å². The summed E-state index contributed by atoms with van der Waals surface area (Å²) < 4.78 is 0. The van der Waals surface area contributed by atoms with E-state index in [0.717, 1.165) is 24.5 Å². The van der Waals surface area contributed by atoms with Crippen molar-refractivity contribution >= 4 is 5.71 Å². The molecule has 1 fully saturated rings. The molecule has 1 unspecified atom stereocenters. The first kappa shape index (κ1) is 5.60. The van der Waals surface area contributed by atoms with Crippen molar-refractivity contribution in [1.29, 1.82) is 0 Å². The average molecular weight is 113 g/mol. The van der Waals surface area contributed by atoms with Gasteiger partial charge in [0.15, 0.2) is 0 Å². The van der Waals surface area contributed by atoms with Crippen LogP contribution in [0.15, 0.2) is 5.16 Å². The van der Waals surface area contributed by atoms with Crippen molar-refractivity contribution in [1.82, 2.24) is 0 Å². The predicted molar refractivity (Wildman–Crippen MR) is 32.2 cm³/mol. The Morgan fingerprint density at radius 1 is 1.75 bits per heavy atom. The average Bonchev–Trinajstić information content (AvgIpc) is 2.14. The summed E-state index contributed by atoms with van der Waals surface area (Å²) in [5.41, 5.74) is 0.970. The number of oxime groups is 1. The van der Waals surface area contributed by atoms with Gasteiger partial charge in [-0.25, -0.2) is 0 Å². The summed E-state index contributed by atoms with van der Waals surface area (Å²) in [4.78, 5) is 0. The van der Waals surface area contributed by atoms with Gasteiger partial charge in [-0.15, -0.1) is 0 Å². The Bertz CT molecular complexity index is 109. The van der Waals surface area contributed by atoms with Gasteiger partial charge in [-0.2, -0.15) is 0 Å². The molecule has 0 aromatic carbocycles. The lowest BCUT2D eigenvalue weighted by Crippen LogP contribution is -1.89. The van der Waals surface area contributed by atoms with E-state index in [1.807, 2.05) is 0 Å². The zero-order valence-electron chi connectivity index (χ0n) is 5.09. The molecule has 46 valence electrons. The Kier molecular flexibility index (Phi) is 1.51. The van der Waals surface area contributed by atoms with Gasteiger partial charge in [-0.3, -0.25) is 0 Å². The Morgan fingerprint density at radius 2 is 2.50 bits per heavy atom. The summed E-state index contributed by atoms with van der Waals surface area (Å²) in [6.07, 6.45) is 3.19. The molecule has 0 amide bonds. The Labute approximate surface area is 49.2 Å². The van der Waals surface area contributed by atoms with Gasteiger partial charge in [-0.1, -0.05) is 12.1 Å². The fraction of sp³-hybridized carbons (Fsp3) is 0.833. The molecule has 1 rings (SSSR count). The molecule has 0 aliphatic heterocycles. The van der Waals surface area contributed by atoms with Crippen LogP contribution >= 0.6 is 0 Å². The quantitative estimate of drug-likeness (QED) is 0.376. The maximum absolute atomic E-state index is 8.27. The van der Waals surface area contributed by atoms with Crippen LogP contribution in [0.3, 0.4) is 0 Å². The van der Waals surface area contributed by atoms with Crippen molar-refractivity contribution in [2.24, 2.45) is 11.1 Å². The standard InChI is InChI=1S/C6H11NO/c1-5-2-3-6(4-5)7-8/h5,8H,2-4H2,1H3/b7-6+. The van der Waals surface area contributed by atoms with E-state index in [4.69, 9.17) is 5.21 Å². The van der Waals surface area contributed by atoms with Crippen LogP contribution in [-0.2, 0) is 0 Å². The minimum atomic E-state index is 0.737. The van der Waals surface area contributed by atoms with Gasteiger partial charge < -0.3 is 5.21 Å². The third kappa shape index (κ3) is 0.997. The van der Waals surface area contributed by atoms with E-state index >= 15 is 0 Å².